The summed E-state index contributed by atoms with van der Waals surface area (Å²) >= 11 is 0. The third-order valence-electron chi connectivity index (χ3n) is 7.01. The molecule has 7 nitrogen and oxygen atoms in total. The number of carbonyl (C=O) groups excluding carboxylic acids is 3. The topological polar surface area (TPSA) is 99.3 Å². The Balaban J connectivity index is 1.30. The van der Waals surface area contributed by atoms with Crippen molar-refractivity contribution in [3.05, 3.63) is 141 Å². The van der Waals surface area contributed by atoms with Gasteiger partial charge in [0.1, 0.15) is 0 Å². The van der Waals surface area contributed by atoms with Gasteiger partial charge < -0.3 is 0 Å². The summed E-state index contributed by atoms with van der Waals surface area (Å²) in [7, 11) is 0. The van der Waals surface area contributed by atoms with Crippen LogP contribution in [-0.4, -0.2) is 24.3 Å². The zero-order valence-electron chi connectivity index (χ0n) is 23.7. The lowest BCUT2D eigenvalue weighted by atomic mass is 9.95. The maximum absolute atomic E-state index is 12.9. The van der Waals surface area contributed by atoms with Crippen LogP contribution in [0.3, 0.4) is 0 Å². The molecule has 0 radical (unpaired) electrons. The van der Waals surface area contributed by atoms with E-state index in [1.165, 1.54) is 11.1 Å². The van der Waals surface area contributed by atoms with Crippen LogP contribution in [0.1, 0.15) is 59.7 Å². The quantitative estimate of drug-likeness (QED) is 0.171. The smallest absolute Gasteiger partial charge is 0.269 e. The van der Waals surface area contributed by atoms with Crippen molar-refractivity contribution in [3.8, 4) is 0 Å². The highest BCUT2D eigenvalue weighted by Crippen LogP contribution is 2.19. The molecule has 3 amide bonds. The first-order chi connectivity index (χ1) is 19.8. The van der Waals surface area contributed by atoms with Gasteiger partial charge in [-0.25, -0.2) is 5.43 Å². The number of rotatable bonds is 10. The monoisotopic (exact) mass is 548 g/mol. The number of amides is 3. The van der Waals surface area contributed by atoms with Gasteiger partial charge in [0.15, 0.2) is 0 Å². The molecule has 4 aromatic rings. The molecule has 0 saturated carbocycles. The second kappa shape index (κ2) is 14.1. The predicted molar refractivity (Wildman–Crippen MR) is 161 cm³/mol. The summed E-state index contributed by atoms with van der Waals surface area (Å²) in [5, 5.41) is 0. The van der Waals surface area contributed by atoms with E-state index in [1.54, 1.807) is 12.1 Å². The molecule has 7 heteroatoms. The molecule has 4 rings (SSSR count). The molecule has 210 valence electrons. The molecule has 0 bridgehead atoms. The molecule has 0 atom stereocenters. The van der Waals surface area contributed by atoms with Crippen LogP contribution in [-0.2, 0) is 24.1 Å². The van der Waals surface area contributed by atoms with Crippen LogP contribution < -0.4 is 21.7 Å². The van der Waals surface area contributed by atoms with E-state index in [9.17, 15) is 14.4 Å². The summed E-state index contributed by atoms with van der Waals surface area (Å²) in [4.78, 5) is 37.7. The number of carbonyl (C=O) groups is 3. The van der Waals surface area contributed by atoms with E-state index < -0.39 is 0 Å². The number of hydrogen-bond acceptors (Lipinski definition) is 4. The summed E-state index contributed by atoms with van der Waals surface area (Å²) in [5.41, 5.74) is 19.0. The molecule has 4 N–H and O–H groups in total. The van der Waals surface area contributed by atoms with Gasteiger partial charge in [-0.1, -0.05) is 84.4 Å². The fraction of sp³-hybridized carbons (Fsp3) is 0.206. The molecule has 0 aliphatic heterocycles. The SMILES string of the molecule is Cc1ccc(CCNNC(=O)c2cccc(Cc3cccc(CC(=O)NNC(=O)c4ccccc4C)c3)c2C)cc1. The first-order valence-corrected chi connectivity index (χ1v) is 13.7. The first kappa shape index (κ1) is 29.2. The molecule has 41 heavy (non-hydrogen) atoms. The maximum Gasteiger partial charge on any atom is 0.269 e. The van der Waals surface area contributed by atoms with Crippen LogP contribution >= 0.6 is 0 Å². The third-order valence-corrected chi connectivity index (χ3v) is 7.01. The highest BCUT2D eigenvalue weighted by atomic mass is 16.2. The van der Waals surface area contributed by atoms with Crippen molar-refractivity contribution in [1.29, 1.82) is 0 Å². The predicted octanol–water partition coefficient (Wildman–Crippen LogP) is 4.68. The second-order valence-corrected chi connectivity index (χ2v) is 10.2. The van der Waals surface area contributed by atoms with Gasteiger partial charge in [-0.2, -0.15) is 0 Å². The fourth-order valence-corrected chi connectivity index (χ4v) is 4.61. The Hall–Kier alpha value is -4.75. The number of nitrogens with one attached hydrogen (secondary N) is 4. The van der Waals surface area contributed by atoms with E-state index in [0.717, 1.165) is 34.2 Å². The normalized spacial score (nSPS) is 10.6. The van der Waals surface area contributed by atoms with Crippen molar-refractivity contribution in [2.75, 3.05) is 6.54 Å². The number of aryl methyl sites for hydroxylation is 2. The minimum Gasteiger partial charge on any atom is -0.287 e. The highest BCUT2D eigenvalue weighted by Gasteiger charge is 2.13. The summed E-state index contributed by atoms with van der Waals surface area (Å²) < 4.78 is 0. The van der Waals surface area contributed by atoms with Gasteiger partial charge >= 0.3 is 0 Å². The van der Waals surface area contributed by atoms with Crippen LogP contribution in [0.5, 0.6) is 0 Å². The van der Waals surface area contributed by atoms with E-state index in [-0.39, 0.29) is 24.1 Å². The van der Waals surface area contributed by atoms with Gasteiger partial charge in [-0.3, -0.25) is 30.7 Å². The maximum atomic E-state index is 12.9. The average molecular weight is 549 g/mol. The van der Waals surface area contributed by atoms with Crippen molar-refractivity contribution in [3.63, 3.8) is 0 Å². The van der Waals surface area contributed by atoms with Crippen molar-refractivity contribution >= 4 is 17.7 Å². The summed E-state index contributed by atoms with van der Waals surface area (Å²) in [6, 6.07) is 29.0. The Morgan fingerprint density at radius 3 is 2.10 bits per heavy atom. The van der Waals surface area contributed by atoms with Crippen LogP contribution in [0.15, 0.2) is 91.0 Å². The number of benzene rings is 4. The molecule has 0 heterocycles. The van der Waals surface area contributed by atoms with E-state index >= 15 is 0 Å². The lowest BCUT2D eigenvalue weighted by molar-refractivity contribution is -0.121. The number of hydrogen-bond donors (Lipinski definition) is 4. The Morgan fingerprint density at radius 1 is 0.634 bits per heavy atom. The van der Waals surface area contributed by atoms with Crippen LogP contribution in [0, 0.1) is 20.8 Å². The summed E-state index contributed by atoms with van der Waals surface area (Å²) in [5.74, 6) is -0.841. The average Bonchev–Trinajstić information content (AvgIpc) is 2.96. The van der Waals surface area contributed by atoms with Crippen molar-refractivity contribution in [2.24, 2.45) is 0 Å². The third kappa shape index (κ3) is 8.37. The van der Waals surface area contributed by atoms with E-state index in [1.807, 2.05) is 68.4 Å². The second-order valence-electron chi connectivity index (χ2n) is 10.2. The molecular formula is C34H36N4O3. The van der Waals surface area contributed by atoms with Crippen LogP contribution in [0.4, 0.5) is 0 Å². The zero-order chi connectivity index (χ0) is 29.2. The molecular weight excluding hydrogens is 512 g/mol. The van der Waals surface area contributed by atoms with E-state index in [2.05, 4.69) is 52.9 Å². The van der Waals surface area contributed by atoms with Crippen molar-refractivity contribution in [1.82, 2.24) is 21.7 Å². The molecule has 0 fully saturated rings. The van der Waals surface area contributed by atoms with Gasteiger partial charge in [0.05, 0.1) is 6.42 Å². The van der Waals surface area contributed by atoms with Crippen LogP contribution in [0.25, 0.3) is 0 Å². The molecule has 0 aliphatic rings. The first-order valence-electron chi connectivity index (χ1n) is 13.7. The van der Waals surface area contributed by atoms with Crippen molar-refractivity contribution < 1.29 is 14.4 Å². The van der Waals surface area contributed by atoms with Gasteiger partial charge in [0.2, 0.25) is 5.91 Å². The summed E-state index contributed by atoms with van der Waals surface area (Å²) in [6.45, 7) is 6.48. The Morgan fingerprint density at radius 2 is 1.32 bits per heavy atom. The molecule has 0 aliphatic carbocycles. The zero-order valence-corrected chi connectivity index (χ0v) is 23.7. The number of hydrazine groups is 2. The minimum absolute atomic E-state index is 0.123. The Kier molecular flexibility index (Phi) is 10.0. The Bertz CT molecular complexity index is 1530. The molecule has 0 unspecified atom stereocenters. The molecule has 0 saturated heterocycles. The summed E-state index contributed by atoms with van der Waals surface area (Å²) in [6.07, 6.45) is 1.55. The van der Waals surface area contributed by atoms with Gasteiger partial charge in [0.25, 0.3) is 11.8 Å². The van der Waals surface area contributed by atoms with Gasteiger partial charge in [-0.05, 0) is 79.1 Å². The lowest BCUT2D eigenvalue weighted by Gasteiger charge is -2.13. The van der Waals surface area contributed by atoms with E-state index in [0.29, 0.717) is 24.1 Å². The highest BCUT2D eigenvalue weighted by molar-refractivity contribution is 5.97. The van der Waals surface area contributed by atoms with Gasteiger partial charge in [0, 0.05) is 17.7 Å². The van der Waals surface area contributed by atoms with Crippen LogP contribution in [0.2, 0.25) is 0 Å². The van der Waals surface area contributed by atoms with Gasteiger partial charge in [-0.15, -0.1) is 0 Å². The standard InChI is InChI=1S/C34H36N4O3/c1-23-14-16-26(17-15-23)18-19-35-37-34(41)31-13-7-11-29(25(31)3)21-27-9-6-10-28(20-27)22-32(39)36-38-33(40)30-12-5-4-8-24(30)2/h4-17,20,35H,18-19,21-22H2,1-3H3,(H,36,39)(H,37,41)(H,38,40). The Labute approximate surface area is 241 Å². The molecule has 0 aromatic heterocycles. The largest absolute Gasteiger partial charge is 0.287 e. The molecule has 0 spiro atoms. The fourth-order valence-electron chi connectivity index (χ4n) is 4.61. The lowest BCUT2D eigenvalue weighted by Crippen LogP contribution is -2.42. The van der Waals surface area contributed by atoms with E-state index in [4.69, 9.17) is 0 Å². The molecule has 4 aromatic carbocycles. The van der Waals surface area contributed by atoms with Crippen molar-refractivity contribution in [2.45, 2.75) is 40.0 Å². The minimum atomic E-state index is -0.355.